The molecule has 6 nitrogen and oxygen atoms in total. The summed E-state index contributed by atoms with van der Waals surface area (Å²) in [4.78, 5) is 22.7. The van der Waals surface area contributed by atoms with Crippen LogP contribution in [0.4, 0.5) is 0 Å². The van der Waals surface area contributed by atoms with Crippen LogP contribution in [0.5, 0.6) is 5.75 Å². The summed E-state index contributed by atoms with van der Waals surface area (Å²) >= 11 is 0. The summed E-state index contributed by atoms with van der Waals surface area (Å²) in [6.07, 6.45) is 0. The molecule has 1 unspecified atom stereocenters. The second-order valence-corrected chi connectivity index (χ2v) is 5.37. The molecule has 0 aliphatic rings. The SMILES string of the molecule is Cc1ccc(C(=O)NC(C)c2ccc(OCC(=O)O)cc2)n1C. The van der Waals surface area contributed by atoms with E-state index in [1.807, 2.05) is 31.5 Å². The van der Waals surface area contributed by atoms with Gasteiger partial charge in [0.05, 0.1) is 6.04 Å². The van der Waals surface area contributed by atoms with E-state index in [2.05, 4.69) is 5.32 Å². The van der Waals surface area contributed by atoms with E-state index in [1.54, 1.807) is 30.3 Å². The van der Waals surface area contributed by atoms with E-state index in [4.69, 9.17) is 9.84 Å². The molecule has 1 aromatic carbocycles. The number of amides is 1. The van der Waals surface area contributed by atoms with E-state index in [-0.39, 0.29) is 18.6 Å². The maximum absolute atomic E-state index is 12.3. The van der Waals surface area contributed by atoms with E-state index in [9.17, 15) is 9.59 Å². The average Bonchev–Trinajstić information content (AvgIpc) is 2.85. The molecule has 6 heteroatoms. The number of rotatable bonds is 6. The molecule has 1 aromatic heterocycles. The number of nitrogens with zero attached hydrogens (tertiary/aromatic N) is 1. The molecule has 0 aliphatic carbocycles. The Labute approximate surface area is 134 Å². The van der Waals surface area contributed by atoms with E-state index in [0.29, 0.717) is 11.4 Å². The van der Waals surface area contributed by atoms with Crippen LogP contribution in [0.1, 0.15) is 34.7 Å². The molecule has 1 heterocycles. The summed E-state index contributed by atoms with van der Waals surface area (Å²) in [5, 5.41) is 11.5. The van der Waals surface area contributed by atoms with Crippen LogP contribution in [-0.4, -0.2) is 28.2 Å². The normalized spacial score (nSPS) is 11.8. The Morgan fingerprint density at radius 2 is 1.87 bits per heavy atom. The van der Waals surface area contributed by atoms with Crippen LogP contribution in [-0.2, 0) is 11.8 Å². The molecular formula is C17H20N2O4. The number of carboxylic acid groups (broad SMARTS) is 1. The van der Waals surface area contributed by atoms with E-state index in [1.165, 1.54) is 0 Å². The zero-order valence-corrected chi connectivity index (χ0v) is 13.4. The van der Waals surface area contributed by atoms with Crippen molar-refractivity contribution in [3.8, 4) is 5.75 Å². The van der Waals surface area contributed by atoms with Crippen LogP contribution in [0.2, 0.25) is 0 Å². The zero-order valence-electron chi connectivity index (χ0n) is 13.4. The first-order chi connectivity index (χ1) is 10.9. The molecule has 0 aliphatic heterocycles. The number of carbonyl (C=O) groups excluding carboxylic acids is 1. The summed E-state index contributed by atoms with van der Waals surface area (Å²) in [6.45, 7) is 3.45. The third kappa shape index (κ3) is 4.12. The minimum absolute atomic E-state index is 0.140. The number of aliphatic carboxylic acids is 1. The van der Waals surface area contributed by atoms with Gasteiger partial charge < -0.3 is 19.7 Å². The molecule has 122 valence electrons. The fraction of sp³-hybridized carbons (Fsp3) is 0.294. The number of aromatic nitrogens is 1. The van der Waals surface area contributed by atoms with Gasteiger partial charge in [-0.1, -0.05) is 12.1 Å². The lowest BCUT2D eigenvalue weighted by Gasteiger charge is -2.15. The number of ether oxygens (including phenoxy) is 1. The van der Waals surface area contributed by atoms with Gasteiger partial charge in [-0.15, -0.1) is 0 Å². The van der Waals surface area contributed by atoms with Gasteiger partial charge in [0, 0.05) is 12.7 Å². The van der Waals surface area contributed by atoms with E-state index < -0.39 is 5.97 Å². The van der Waals surface area contributed by atoms with Crippen molar-refractivity contribution >= 4 is 11.9 Å². The lowest BCUT2D eigenvalue weighted by atomic mass is 10.1. The summed E-state index contributed by atoms with van der Waals surface area (Å²) < 4.78 is 6.92. The number of benzene rings is 1. The predicted octanol–water partition coefficient (Wildman–Crippen LogP) is 2.29. The lowest BCUT2D eigenvalue weighted by molar-refractivity contribution is -0.139. The highest BCUT2D eigenvalue weighted by molar-refractivity contribution is 5.93. The van der Waals surface area contributed by atoms with Gasteiger partial charge in [-0.25, -0.2) is 4.79 Å². The number of aryl methyl sites for hydroxylation is 1. The Hall–Kier alpha value is -2.76. The molecule has 1 atom stereocenters. The van der Waals surface area contributed by atoms with E-state index in [0.717, 1.165) is 11.3 Å². The van der Waals surface area contributed by atoms with Crippen LogP contribution in [0.3, 0.4) is 0 Å². The van der Waals surface area contributed by atoms with Crippen molar-refractivity contribution < 1.29 is 19.4 Å². The highest BCUT2D eigenvalue weighted by Gasteiger charge is 2.14. The third-order valence-corrected chi connectivity index (χ3v) is 3.70. The molecule has 2 rings (SSSR count). The first kappa shape index (κ1) is 16.6. The van der Waals surface area contributed by atoms with Gasteiger partial charge in [0.15, 0.2) is 6.61 Å². The van der Waals surface area contributed by atoms with Gasteiger partial charge in [0.2, 0.25) is 0 Å². The first-order valence-corrected chi connectivity index (χ1v) is 7.26. The number of carbonyl (C=O) groups is 2. The zero-order chi connectivity index (χ0) is 17.0. The quantitative estimate of drug-likeness (QED) is 0.857. The standard InChI is InChI=1S/C17H20N2O4/c1-11-4-9-15(19(11)3)17(22)18-12(2)13-5-7-14(8-6-13)23-10-16(20)21/h4-9,12H,10H2,1-3H3,(H,18,22)(H,20,21). The summed E-state index contributed by atoms with van der Waals surface area (Å²) in [6, 6.07) is 10.5. The molecule has 0 fully saturated rings. The van der Waals surface area contributed by atoms with Crippen molar-refractivity contribution in [3.05, 3.63) is 53.3 Å². The fourth-order valence-corrected chi connectivity index (χ4v) is 2.19. The Kier molecular flexibility index (Phi) is 5.05. The van der Waals surface area contributed by atoms with Crippen LogP contribution >= 0.6 is 0 Å². The number of nitrogens with one attached hydrogen (secondary N) is 1. The minimum atomic E-state index is -1.02. The van der Waals surface area contributed by atoms with Crippen molar-refractivity contribution in [2.45, 2.75) is 19.9 Å². The number of carboxylic acids is 1. The van der Waals surface area contributed by atoms with Crippen LogP contribution in [0.15, 0.2) is 36.4 Å². The lowest BCUT2D eigenvalue weighted by Crippen LogP contribution is -2.28. The van der Waals surface area contributed by atoms with Crippen molar-refractivity contribution in [2.24, 2.45) is 7.05 Å². The van der Waals surface area contributed by atoms with Crippen molar-refractivity contribution in [2.75, 3.05) is 6.61 Å². The molecule has 2 N–H and O–H groups in total. The van der Waals surface area contributed by atoms with Crippen LogP contribution < -0.4 is 10.1 Å². The Balaban J connectivity index is 2.00. The predicted molar refractivity (Wildman–Crippen MR) is 85.6 cm³/mol. The second kappa shape index (κ2) is 7.00. The molecule has 0 radical (unpaired) electrons. The third-order valence-electron chi connectivity index (χ3n) is 3.70. The summed E-state index contributed by atoms with van der Waals surface area (Å²) in [5.41, 5.74) is 2.53. The fourth-order valence-electron chi connectivity index (χ4n) is 2.19. The van der Waals surface area contributed by atoms with Gasteiger partial charge in [-0.2, -0.15) is 0 Å². The average molecular weight is 316 g/mol. The molecule has 2 aromatic rings. The second-order valence-electron chi connectivity index (χ2n) is 5.37. The highest BCUT2D eigenvalue weighted by atomic mass is 16.5. The van der Waals surface area contributed by atoms with Gasteiger partial charge in [-0.3, -0.25) is 4.79 Å². The van der Waals surface area contributed by atoms with Crippen LogP contribution in [0, 0.1) is 6.92 Å². The molecule has 0 spiro atoms. The smallest absolute Gasteiger partial charge is 0.341 e. The maximum Gasteiger partial charge on any atom is 0.341 e. The monoisotopic (exact) mass is 316 g/mol. The Morgan fingerprint density at radius 3 is 2.39 bits per heavy atom. The molecule has 23 heavy (non-hydrogen) atoms. The molecular weight excluding hydrogens is 296 g/mol. The van der Waals surface area contributed by atoms with Gasteiger partial charge in [-0.05, 0) is 43.7 Å². The maximum atomic E-state index is 12.3. The van der Waals surface area contributed by atoms with Crippen molar-refractivity contribution in [1.82, 2.24) is 9.88 Å². The Bertz CT molecular complexity index is 704. The number of hydrogen-bond acceptors (Lipinski definition) is 3. The molecule has 1 amide bonds. The Morgan fingerprint density at radius 1 is 1.22 bits per heavy atom. The van der Waals surface area contributed by atoms with Gasteiger partial charge in [0.25, 0.3) is 5.91 Å². The molecule has 0 saturated carbocycles. The van der Waals surface area contributed by atoms with Gasteiger partial charge in [0.1, 0.15) is 11.4 Å². The summed E-state index contributed by atoms with van der Waals surface area (Å²) in [7, 11) is 1.85. The largest absolute Gasteiger partial charge is 0.482 e. The molecule has 0 saturated heterocycles. The number of hydrogen-bond donors (Lipinski definition) is 2. The van der Waals surface area contributed by atoms with Crippen LogP contribution in [0.25, 0.3) is 0 Å². The minimum Gasteiger partial charge on any atom is -0.482 e. The van der Waals surface area contributed by atoms with Crippen molar-refractivity contribution in [3.63, 3.8) is 0 Å². The highest BCUT2D eigenvalue weighted by Crippen LogP contribution is 2.18. The summed E-state index contributed by atoms with van der Waals surface area (Å²) in [5.74, 6) is -0.681. The van der Waals surface area contributed by atoms with Gasteiger partial charge >= 0.3 is 5.97 Å². The van der Waals surface area contributed by atoms with E-state index >= 15 is 0 Å². The topological polar surface area (TPSA) is 80.6 Å². The first-order valence-electron chi connectivity index (χ1n) is 7.26. The molecule has 0 bridgehead atoms. The van der Waals surface area contributed by atoms with Crippen molar-refractivity contribution in [1.29, 1.82) is 0 Å².